The minimum absolute atomic E-state index is 0.0783. The Balaban J connectivity index is 0.815. The zero-order valence-electron chi connectivity index (χ0n) is 33.7. The van der Waals surface area contributed by atoms with Crippen LogP contribution in [0.3, 0.4) is 0 Å². The fraction of sp³-hybridized carbons (Fsp3) is 0.477. The second kappa shape index (κ2) is 16.9. The number of aryl methyl sites for hydroxylation is 1. The summed E-state index contributed by atoms with van der Waals surface area (Å²) in [6.45, 7) is 9.36. The van der Waals surface area contributed by atoms with Gasteiger partial charge >= 0.3 is 0 Å². The van der Waals surface area contributed by atoms with Gasteiger partial charge in [-0.15, -0.1) is 11.3 Å². The van der Waals surface area contributed by atoms with Crippen molar-refractivity contribution in [3.63, 3.8) is 0 Å². The smallest absolute Gasteiger partial charge is 0.274 e. The first-order chi connectivity index (χ1) is 28.3. The average molecular weight is 822 g/mol. The Morgan fingerprint density at radius 2 is 1.80 bits per heavy atom. The summed E-state index contributed by atoms with van der Waals surface area (Å²) >= 11 is 1.67. The summed E-state index contributed by atoms with van der Waals surface area (Å²) in [7, 11) is 0. The highest BCUT2D eigenvalue weighted by molar-refractivity contribution is 7.18. The van der Waals surface area contributed by atoms with Crippen molar-refractivity contribution in [2.24, 2.45) is 5.92 Å². The SMILES string of the molecule is Cc1cccc(C(=O)Nc2cc3sc(C4CCC(CN5CCO[C@H](CCCNc6cccc7c6C(=O)N(C6CCC(=O)NC6=O)C7=O)C5)CC4)nc3cc2C(C)(C)O)n1. The molecule has 4 aromatic rings. The topological polar surface area (TPSA) is 183 Å². The van der Waals surface area contributed by atoms with E-state index >= 15 is 0 Å². The molecule has 59 heavy (non-hydrogen) atoms. The maximum Gasteiger partial charge on any atom is 0.274 e. The summed E-state index contributed by atoms with van der Waals surface area (Å²) in [5, 5.41) is 20.7. The quantitative estimate of drug-likeness (QED) is 0.101. The van der Waals surface area contributed by atoms with Gasteiger partial charge in [0.05, 0.1) is 44.7 Å². The molecule has 2 atom stereocenters. The minimum Gasteiger partial charge on any atom is -0.386 e. The number of piperidine rings is 1. The standard InChI is InChI=1S/C44H51N7O7S/c1-25-7-4-11-32(46-25)39(53)47-33-22-36-34(21-30(33)44(2,3)57)48-41(59-36)27-14-12-26(13-15-27)23-50-19-20-58-28(24-50)8-6-18-45-31-10-5-9-29-38(31)43(56)51(42(29)55)35-16-17-37(52)49-40(35)54/h4-5,7,9-11,21-22,26-28,35,45,57H,6,8,12-20,23-24H2,1-3H3,(H,47,53)(H,49,52,54)/t26?,27?,28-,35?/m1/s1. The predicted octanol–water partition coefficient (Wildman–Crippen LogP) is 5.75. The average Bonchev–Trinajstić information content (AvgIpc) is 3.74. The van der Waals surface area contributed by atoms with E-state index in [1.54, 1.807) is 55.5 Å². The number of amides is 5. The number of fused-ring (bicyclic) bond motifs is 2. The minimum atomic E-state index is -1.19. The van der Waals surface area contributed by atoms with Gasteiger partial charge in [-0.1, -0.05) is 12.1 Å². The van der Waals surface area contributed by atoms with Gasteiger partial charge in [-0.2, -0.15) is 0 Å². The van der Waals surface area contributed by atoms with Crippen LogP contribution >= 0.6 is 11.3 Å². The molecule has 5 amide bonds. The Morgan fingerprint density at radius 1 is 1.00 bits per heavy atom. The van der Waals surface area contributed by atoms with Crippen molar-refractivity contribution in [2.75, 3.05) is 43.4 Å². The molecule has 310 valence electrons. The first-order valence-electron chi connectivity index (χ1n) is 20.7. The molecule has 3 fully saturated rings. The Bertz CT molecular complexity index is 2300. The first-order valence-corrected chi connectivity index (χ1v) is 21.5. The lowest BCUT2D eigenvalue weighted by Gasteiger charge is -2.37. The van der Waals surface area contributed by atoms with Gasteiger partial charge in [-0.3, -0.25) is 39.1 Å². The molecule has 5 heterocycles. The van der Waals surface area contributed by atoms with Crippen molar-refractivity contribution in [3.8, 4) is 0 Å². The Labute approximate surface area is 347 Å². The number of thiazole rings is 1. The summed E-state index contributed by atoms with van der Waals surface area (Å²) in [5.74, 6) is -1.41. The summed E-state index contributed by atoms with van der Waals surface area (Å²) in [6, 6.07) is 13.3. The zero-order valence-corrected chi connectivity index (χ0v) is 34.5. The number of hydrogen-bond donors (Lipinski definition) is 4. The molecule has 1 aliphatic carbocycles. The van der Waals surface area contributed by atoms with E-state index < -0.39 is 35.3 Å². The van der Waals surface area contributed by atoms with Crippen LogP contribution in [0.25, 0.3) is 10.2 Å². The predicted molar refractivity (Wildman–Crippen MR) is 224 cm³/mol. The summed E-state index contributed by atoms with van der Waals surface area (Å²) in [4.78, 5) is 76.8. The highest BCUT2D eigenvalue weighted by Crippen LogP contribution is 2.42. The summed E-state index contributed by atoms with van der Waals surface area (Å²) in [6.07, 6.45) is 6.33. The number of anilines is 2. The maximum atomic E-state index is 13.4. The fourth-order valence-electron chi connectivity index (χ4n) is 8.92. The normalized spacial score (nSPS) is 22.7. The number of carbonyl (C=O) groups excluding carboxylic acids is 5. The van der Waals surface area contributed by atoms with Crippen LogP contribution in [0.1, 0.15) is 119 Å². The van der Waals surface area contributed by atoms with Crippen LogP contribution in [0.5, 0.6) is 0 Å². The van der Waals surface area contributed by atoms with Gasteiger partial charge in [0.2, 0.25) is 11.8 Å². The number of nitrogens with zero attached hydrogens (tertiary/aromatic N) is 4. The third-order valence-corrected chi connectivity index (χ3v) is 13.2. The fourth-order valence-corrected chi connectivity index (χ4v) is 10.1. The molecular formula is C44H51N7O7S. The van der Waals surface area contributed by atoms with Crippen LogP contribution in [0, 0.1) is 12.8 Å². The lowest BCUT2D eigenvalue weighted by molar-refractivity contribution is -0.136. The molecule has 0 spiro atoms. The zero-order chi connectivity index (χ0) is 41.4. The number of morpholine rings is 1. The molecule has 2 aromatic carbocycles. The van der Waals surface area contributed by atoms with Crippen LogP contribution in [0.2, 0.25) is 0 Å². The van der Waals surface area contributed by atoms with Crippen LogP contribution < -0.4 is 16.0 Å². The number of nitrogens with one attached hydrogen (secondary N) is 3. The van der Waals surface area contributed by atoms with Gasteiger partial charge < -0.3 is 20.5 Å². The largest absolute Gasteiger partial charge is 0.386 e. The molecule has 2 saturated heterocycles. The van der Waals surface area contributed by atoms with E-state index in [4.69, 9.17) is 9.72 Å². The second-order valence-electron chi connectivity index (χ2n) is 16.8. The third-order valence-electron chi connectivity index (χ3n) is 12.0. The molecule has 15 heteroatoms. The highest BCUT2D eigenvalue weighted by Gasteiger charge is 2.45. The lowest BCUT2D eigenvalue weighted by atomic mass is 9.82. The molecule has 3 aliphatic heterocycles. The molecule has 4 aliphatic rings. The number of imide groups is 2. The van der Waals surface area contributed by atoms with E-state index in [2.05, 4.69) is 25.8 Å². The van der Waals surface area contributed by atoms with Crippen LogP contribution in [0.4, 0.5) is 11.4 Å². The number of hydrogen-bond acceptors (Lipinski definition) is 12. The lowest BCUT2D eigenvalue weighted by Crippen LogP contribution is -2.54. The molecule has 8 rings (SSSR count). The van der Waals surface area contributed by atoms with Crippen molar-refractivity contribution in [3.05, 3.63) is 81.6 Å². The molecule has 1 unspecified atom stereocenters. The van der Waals surface area contributed by atoms with Crippen LogP contribution in [-0.2, 0) is 19.9 Å². The molecule has 14 nitrogen and oxygen atoms in total. The van der Waals surface area contributed by atoms with Crippen molar-refractivity contribution in [1.82, 2.24) is 25.1 Å². The maximum absolute atomic E-state index is 13.4. The van der Waals surface area contributed by atoms with Crippen molar-refractivity contribution >= 4 is 62.5 Å². The van der Waals surface area contributed by atoms with Crippen molar-refractivity contribution in [2.45, 2.75) is 95.8 Å². The Kier molecular flexibility index (Phi) is 11.6. The molecule has 4 N–H and O–H groups in total. The van der Waals surface area contributed by atoms with Crippen molar-refractivity contribution < 1.29 is 33.8 Å². The number of benzene rings is 2. The van der Waals surface area contributed by atoms with E-state index in [1.807, 2.05) is 25.1 Å². The van der Waals surface area contributed by atoms with Gasteiger partial charge in [-0.25, -0.2) is 9.97 Å². The molecular weight excluding hydrogens is 771 g/mol. The highest BCUT2D eigenvalue weighted by atomic mass is 32.1. The second-order valence-corrected chi connectivity index (χ2v) is 17.9. The van der Waals surface area contributed by atoms with E-state index in [0.29, 0.717) is 47.6 Å². The molecule has 1 saturated carbocycles. The van der Waals surface area contributed by atoms with Crippen LogP contribution in [0.15, 0.2) is 48.5 Å². The van der Waals surface area contributed by atoms with Gasteiger partial charge in [0.1, 0.15) is 11.7 Å². The van der Waals surface area contributed by atoms with Gasteiger partial charge in [0.15, 0.2) is 0 Å². The van der Waals surface area contributed by atoms with Crippen molar-refractivity contribution in [1.29, 1.82) is 0 Å². The number of pyridine rings is 1. The number of aliphatic hydroxyl groups is 1. The van der Waals surface area contributed by atoms with E-state index in [9.17, 15) is 29.1 Å². The Hall–Kier alpha value is -5.09. The number of carbonyl (C=O) groups is 5. The summed E-state index contributed by atoms with van der Waals surface area (Å²) < 4.78 is 7.13. The van der Waals surface area contributed by atoms with E-state index in [1.165, 1.54) is 0 Å². The van der Waals surface area contributed by atoms with Gasteiger partial charge in [0.25, 0.3) is 17.7 Å². The molecule has 0 bridgehead atoms. The molecule has 0 radical (unpaired) electrons. The van der Waals surface area contributed by atoms with Crippen LogP contribution in [-0.4, -0.2) is 99.3 Å². The van der Waals surface area contributed by atoms with Gasteiger partial charge in [0, 0.05) is 61.1 Å². The molecule has 2 aromatic heterocycles. The number of aromatic nitrogens is 2. The number of rotatable bonds is 12. The monoisotopic (exact) mass is 821 g/mol. The van der Waals surface area contributed by atoms with E-state index in [-0.39, 0.29) is 36.0 Å². The number of ether oxygens (including phenoxy) is 1. The third kappa shape index (κ3) is 8.79. The summed E-state index contributed by atoms with van der Waals surface area (Å²) in [5.41, 5.74) is 2.99. The van der Waals surface area contributed by atoms with E-state index in [0.717, 1.165) is 84.0 Å². The van der Waals surface area contributed by atoms with Gasteiger partial charge in [-0.05, 0) is 108 Å². The Morgan fingerprint density at radius 3 is 2.56 bits per heavy atom. The first kappa shape index (κ1) is 40.7.